The van der Waals surface area contributed by atoms with Crippen molar-refractivity contribution in [3.63, 3.8) is 0 Å². The molecular formula is C23H19NO4S. The molecule has 0 fully saturated rings. The Bertz CT molecular complexity index is 1270. The Hall–Kier alpha value is -3.12. The molecule has 0 saturated heterocycles. The van der Waals surface area contributed by atoms with Crippen LogP contribution in [-0.2, 0) is 17.6 Å². The topological polar surface area (TPSA) is 68.5 Å². The van der Waals surface area contributed by atoms with E-state index in [9.17, 15) is 9.59 Å². The molecule has 6 heteroatoms. The summed E-state index contributed by atoms with van der Waals surface area (Å²) in [6.07, 6.45) is 2.80. The maximum absolute atomic E-state index is 12.9. The number of anilines is 1. The first kappa shape index (κ1) is 17.9. The lowest BCUT2D eigenvalue weighted by Gasteiger charge is -2.06. The van der Waals surface area contributed by atoms with Crippen LogP contribution in [0.1, 0.15) is 44.7 Å². The van der Waals surface area contributed by atoms with Crippen molar-refractivity contribution in [3.05, 3.63) is 64.2 Å². The van der Waals surface area contributed by atoms with Crippen molar-refractivity contribution in [2.24, 2.45) is 0 Å². The van der Waals surface area contributed by atoms with Gasteiger partial charge in [0.1, 0.15) is 10.6 Å². The molecule has 2 heterocycles. The van der Waals surface area contributed by atoms with Crippen molar-refractivity contribution in [2.75, 3.05) is 11.9 Å². The van der Waals surface area contributed by atoms with Gasteiger partial charge in [-0.05, 0) is 54.7 Å². The number of esters is 1. The Morgan fingerprint density at radius 3 is 2.86 bits per heavy atom. The zero-order valence-corrected chi connectivity index (χ0v) is 16.7. The second kappa shape index (κ2) is 7.04. The van der Waals surface area contributed by atoms with E-state index in [1.54, 1.807) is 13.0 Å². The fourth-order valence-electron chi connectivity index (χ4n) is 3.98. The molecule has 1 amide bonds. The van der Waals surface area contributed by atoms with Gasteiger partial charge in [0.25, 0.3) is 5.91 Å². The summed E-state index contributed by atoms with van der Waals surface area (Å²) in [6, 6.07) is 13.6. The molecule has 0 bridgehead atoms. The molecule has 4 aromatic rings. The standard InChI is InChI=1S/C23H19NO4S/c1-2-27-23(26)20-15-8-5-9-19(15)29-22(20)24-21(25)18-12-16-14-7-4-3-6-13(14)10-11-17(16)28-18/h3-4,6-7,10-12H,2,5,8-9H2,1H3,(H,24,25). The minimum absolute atomic E-state index is 0.222. The van der Waals surface area contributed by atoms with E-state index in [0.29, 0.717) is 22.8 Å². The van der Waals surface area contributed by atoms with Gasteiger partial charge in [0.05, 0.1) is 12.2 Å². The third-order valence-corrected chi connectivity index (χ3v) is 6.48. The number of ether oxygens (including phenoxy) is 1. The van der Waals surface area contributed by atoms with E-state index in [4.69, 9.17) is 9.15 Å². The minimum Gasteiger partial charge on any atom is -0.462 e. The van der Waals surface area contributed by atoms with Crippen molar-refractivity contribution in [3.8, 4) is 0 Å². The maximum atomic E-state index is 12.9. The molecule has 0 radical (unpaired) electrons. The number of nitrogens with one attached hydrogen (secondary N) is 1. The molecule has 0 atom stereocenters. The molecule has 0 spiro atoms. The van der Waals surface area contributed by atoms with E-state index in [1.807, 2.05) is 36.4 Å². The smallest absolute Gasteiger partial charge is 0.341 e. The minimum atomic E-state index is -0.377. The highest BCUT2D eigenvalue weighted by Crippen LogP contribution is 2.40. The first-order chi connectivity index (χ1) is 14.2. The second-order valence-electron chi connectivity index (χ2n) is 7.05. The number of rotatable bonds is 4. The fraction of sp³-hybridized carbons (Fsp3) is 0.217. The zero-order valence-electron chi connectivity index (χ0n) is 15.9. The van der Waals surface area contributed by atoms with Gasteiger partial charge in [-0.15, -0.1) is 11.3 Å². The van der Waals surface area contributed by atoms with Crippen molar-refractivity contribution in [1.82, 2.24) is 0 Å². The number of amides is 1. The first-order valence-corrected chi connectivity index (χ1v) is 10.5. The molecule has 2 aromatic carbocycles. The average Bonchev–Trinajstić information content (AvgIpc) is 3.42. The number of benzene rings is 2. The van der Waals surface area contributed by atoms with Crippen molar-refractivity contribution < 1.29 is 18.7 Å². The molecule has 1 aliphatic carbocycles. The lowest BCUT2D eigenvalue weighted by molar-refractivity contribution is 0.0527. The van der Waals surface area contributed by atoms with Crippen LogP contribution in [0.5, 0.6) is 0 Å². The lowest BCUT2D eigenvalue weighted by atomic mass is 10.1. The molecule has 5 nitrogen and oxygen atoms in total. The first-order valence-electron chi connectivity index (χ1n) is 9.70. The van der Waals surface area contributed by atoms with Crippen molar-refractivity contribution >= 4 is 50.0 Å². The van der Waals surface area contributed by atoms with Gasteiger partial charge < -0.3 is 14.5 Å². The highest BCUT2D eigenvalue weighted by Gasteiger charge is 2.29. The molecule has 2 aromatic heterocycles. The summed E-state index contributed by atoms with van der Waals surface area (Å²) in [7, 11) is 0. The van der Waals surface area contributed by atoms with Gasteiger partial charge in [-0.3, -0.25) is 4.79 Å². The van der Waals surface area contributed by atoms with Crippen LogP contribution in [0.2, 0.25) is 0 Å². The Morgan fingerprint density at radius 1 is 1.14 bits per heavy atom. The number of fused-ring (bicyclic) bond motifs is 4. The predicted octanol–water partition coefficient (Wildman–Crippen LogP) is 5.57. The van der Waals surface area contributed by atoms with Crippen LogP contribution in [0.15, 0.2) is 46.9 Å². The van der Waals surface area contributed by atoms with Gasteiger partial charge in [-0.1, -0.05) is 30.3 Å². The number of carbonyl (C=O) groups is 2. The van der Waals surface area contributed by atoms with Gasteiger partial charge in [-0.25, -0.2) is 4.79 Å². The SMILES string of the molecule is CCOC(=O)c1c(NC(=O)c2cc3c(ccc4ccccc43)o2)sc2c1CCC2. The van der Waals surface area contributed by atoms with Gasteiger partial charge in [0.2, 0.25) is 0 Å². The van der Waals surface area contributed by atoms with E-state index < -0.39 is 0 Å². The predicted molar refractivity (Wildman–Crippen MR) is 114 cm³/mol. The quantitative estimate of drug-likeness (QED) is 0.451. The zero-order chi connectivity index (χ0) is 20.0. The van der Waals surface area contributed by atoms with E-state index >= 15 is 0 Å². The monoisotopic (exact) mass is 405 g/mol. The van der Waals surface area contributed by atoms with Crippen LogP contribution in [0.25, 0.3) is 21.7 Å². The summed E-state index contributed by atoms with van der Waals surface area (Å²) in [5, 5.41) is 6.46. The number of thiophene rings is 1. The molecule has 0 unspecified atom stereocenters. The van der Waals surface area contributed by atoms with Gasteiger partial charge in [0, 0.05) is 10.3 Å². The number of furan rings is 1. The summed E-state index contributed by atoms with van der Waals surface area (Å²) in [6.45, 7) is 2.08. The molecule has 29 heavy (non-hydrogen) atoms. The Labute approximate surface area is 171 Å². The van der Waals surface area contributed by atoms with Crippen molar-refractivity contribution in [1.29, 1.82) is 0 Å². The van der Waals surface area contributed by atoms with E-state index in [0.717, 1.165) is 45.9 Å². The number of hydrogen-bond acceptors (Lipinski definition) is 5. The normalized spacial score (nSPS) is 13.0. The molecule has 0 saturated carbocycles. The molecule has 1 aliphatic rings. The van der Waals surface area contributed by atoms with Crippen LogP contribution >= 0.6 is 11.3 Å². The summed E-state index contributed by atoms with van der Waals surface area (Å²) in [5.74, 6) is -0.520. The Balaban J connectivity index is 1.51. The van der Waals surface area contributed by atoms with E-state index in [-0.39, 0.29) is 17.6 Å². The summed E-state index contributed by atoms with van der Waals surface area (Å²) < 4.78 is 11.0. The van der Waals surface area contributed by atoms with Gasteiger partial charge in [-0.2, -0.15) is 0 Å². The fourth-order valence-corrected chi connectivity index (χ4v) is 5.25. The highest BCUT2D eigenvalue weighted by molar-refractivity contribution is 7.17. The van der Waals surface area contributed by atoms with Crippen molar-refractivity contribution in [2.45, 2.75) is 26.2 Å². The van der Waals surface area contributed by atoms with Gasteiger partial charge in [0.15, 0.2) is 5.76 Å². The summed E-state index contributed by atoms with van der Waals surface area (Å²) >= 11 is 1.46. The highest BCUT2D eigenvalue weighted by atomic mass is 32.1. The maximum Gasteiger partial charge on any atom is 0.341 e. The third kappa shape index (κ3) is 3.00. The average molecular weight is 405 g/mol. The molecule has 146 valence electrons. The Kier molecular flexibility index (Phi) is 4.36. The molecule has 5 rings (SSSR count). The number of aryl methyl sites for hydroxylation is 1. The van der Waals surface area contributed by atoms with Crippen LogP contribution in [0.3, 0.4) is 0 Å². The number of hydrogen-bond donors (Lipinski definition) is 1. The Morgan fingerprint density at radius 2 is 2.00 bits per heavy atom. The van der Waals surface area contributed by atoms with Crippen LogP contribution in [0.4, 0.5) is 5.00 Å². The van der Waals surface area contributed by atoms with Crippen LogP contribution in [-0.4, -0.2) is 18.5 Å². The number of carbonyl (C=O) groups excluding carboxylic acids is 2. The molecule has 1 N–H and O–H groups in total. The van der Waals surface area contributed by atoms with Gasteiger partial charge >= 0.3 is 5.97 Å². The van der Waals surface area contributed by atoms with Crippen LogP contribution in [0, 0.1) is 0 Å². The summed E-state index contributed by atoms with van der Waals surface area (Å²) in [5.41, 5.74) is 2.17. The second-order valence-corrected chi connectivity index (χ2v) is 8.15. The van der Waals surface area contributed by atoms with E-state index in [1.165, 1.54) is 11.3 Å². The molecule has 0 aliphatic heterocycles. The van der Waals surface area contributed by atoms with E-state index in [2.05, 4.69) is 5.32 Å². The summed E-state index contributed by atoms with van der Waals surface area (Å²) in [4.78, 5) is 26.6. The lowest BCUT2D eigenvalue weighted by Crippen LogP contribution is -2.14. The largest absolute Gasteiger partial charge is 0.462 e. The molecular weight excluding hydrogens is 386 g/mol. The van der Waals surface area contributed by atoms with Crippen LogP contribution < -0.4 is 5.32 Å². The third-order valence-electron chi connectivity index (χ3n) is 5.28.